The van der Waals surface area contributed by atoms with E-state index in [-0.39, 0.29) is 17.5 Å². The van der Waals surface area contributed by atoms with Crippen molar-refractivity contribution in [1.82, 2.24) is 10.6 Å². The Balaban J connectivity index is 2.33. The van der Waals surface area contributed by atoms with Crippen LogP contribution >= 0.6 is 0 Å². The summed E-state index contributed by atoms with van der Waals surface area (Å²) in [6.45, 7) is 2.28. The van der Waals surface area contributed by atoms with Crippen LogP contribution in [-0.2, 0) is 4.79 Å². The molecule has 0 bridgehead atoms. The van der Waals surface area contributed by atoms with E-state index in [1.54, 1.807) is 43.5 Å². The third kappa shape index (κ3) is 4.46. The summed E-state index contributed by atoms with van der Waals surface area (Å²) in [4.78, 5) is 24.6. The van der Waals surface area contributed by atoms with Crippen molar-refractivity contribution in [2.45, 2.75) is 6.92 Å². The minimum Gasteiger partial charge on any atom is -0.496 e. The number of carbonyl (C=O) groups excluding carboxylic acids is 2. The lowest BCUT2D eigenvalue weighted by molar-refractivity contribution is -0.117. The number of nitrogens with one attached hydrogen (secondary N) is 2. The molecule has 5 heteroatoms. The van der Waals surface area contributed by atoms with Gasteiger partial charge >= 0.3 is 0 Å². The second-order valence-corrected chi connectivity index (χ2v) is 4.98. The topological polar surface area (TPSA) is 67.4 Å². The molecule has 0 aliphatic heterocycles. The van der Waals surface area contributed by atoms with Crippen LogP contribution in [0.3, 0.4) is 0 Å². The summed E-state index contributed by atoms with van der Waals surface area (Å²) in [5.41, 5.74) is 1.34. The summed E-state index contributed by atoms with van der Waals surface area (Å²) in [5, 5.41) is 5.37. The molecule has 0 radical (unpaired) electrons. The smallest absolute Gasteiger partial charge is 0.267 e. The normalized spacial score (nSPS) is 10.8. The van der Waals surface area contributed by atoms with E-state index in [1.165, 1.54) is 0 Å². The van der Waals surface area contributed by atoms with E-state index < -0.39 is 0 Å². The number of benzene rings is 2. The highest BCUT2D eigenvalue weighted by molar-refractivity contribution is 6.05. The summed E-state index contributed by atoms with van der Waals surface area (Å²) in [7, 11) is 1.56. The Bertz CT molecular complexity index is 739. The van der Waals surface area contributed by atoms with Gasteiger partial charge in [0.25, 0.3) is 11.8 Å². The molecule has 2 rings (SSSR count). The molecule has 24 heavy (non-hydrogen) atoms. The van der Waals surface area contributed by atoms with Crippen molar-refractivity contribution in [2.75, 3.05) is 13.7 Å². The standard InChI is InChI=1S/C19H20N2O3/c1-3-20-19(23)16(13-15-11-7-8-12-17(15)24-2)21-18(22)14-9-5-4-6-10-14/h4-13H,3H2,1-2H3,(H,20,23)(H,21,22). The molecule has 0 heterocycles. The number of hydrogen-bond donors (Lipinski definition) is 2. The number of methoxy groups -OCH3 is 1. The van der Waals surface area contributed by atoms with Crippen LogP contribution in [0.25, 0.3) is 6.08 Å². The molecule has 2 N–H and O–H groups in total. The number of hydrogen-bond acceptors (Lipinski definition) is 3. The van der Waals surface area contributed by atoms with E-state index in [2.05, 4.69) is 10.6 Å². The molecule has 0 aliphatic rings. The maximum atomic E-state index is 12.3. The van der Waals surface area contributed by atoms with Crippen molar-refractivity contribution in [3.8, 4) is 5.75 Å². The monoisotopic (exact) mass is 324 g/mol. The summed E-state index contributed by atoms with van der Waals surface area (Å²) >= 11 is 0. The van der Waals surface area contributed by atoms with Gasteiger partial charge in [0, 0.05) is 17.7 Å². The van der Waals surface area contributed by atoms with Gasteiger partial charge in [0.05, 0.1) is 7.11 Å². The maximum absolute atomic E-state index is 12.3. The summed E-state index contributed by atoms with van der Waals surface area (Å²) in [6.07, 6.45) is 1.60. The molecule has 2 aromatic carbocycles. The van der Waals surface area contributed by atoms with Crippen LogP contribution in [0.5, 0.6) is 5.75 Å². The van der Waals surface area contributed by atoms with Gasteiger partial charge in [-0.3, -0.25) is 9.59 Å². The summed E-state index contributed by atoms with van der Waals surface area (Å²) in [6, 6.07) is 16.0. The van der Waals surface area contributed by atoms with Crippen molar-refractivity contribution in [3.63, 3.8) is 0 Å². The lowest BCUT2D eigenvalue weighted by Gasteiger charge is -2.11. The van der Waals surface area contributed by atoms with E-state index in [1.807, 2.05) is 31.2 Å². The lowest BCUT2D eigenvalue weighted by atomic mass is 10.1. The molecule has 0 spiro atoms. The van der Waals surface area contributed by atoms with Gasteiger partial charge in [0.15, 0.2) is 0 Å². The first-order valence-corrected chi connectivity index (χ1v) is 7.65. The third-order valence-corrected chi connectivity index (χ3v) is 3.30. The van der Waals surface area contributed by atoms with Gasteiger partial charge in [-0.2, -0.15) is 0 Å². The predicted octanol–water partition coefficient (Wildman–Crippen LogP) is 2.60. The molecule has 0 fully saturated rings. The predicted molar refractivity (Wildman–Crippen MR) is 93.6 cm³/mol. The van der Waals surface area contributed by atoms with Crippen LogP contribution in [0, 0.1) is 0 Å². The van der Waals surface area contributed by atoms with E-state index >= 15 is 0 Å². The van der Waals surface area contributed by atoms with E-state index in [0.29, 0.717) is 23.4 Å². The SMILES string of the molecule is CCNC(=O)C(=Cc1ccccc1OC)NC(=O)c1ccccc1. The van der Waals surface area contributed by atoms with Gasteiger partial charge in [-0.15, -0.1) is 0 Å². The van der Waals surface area contributed by atoms with Crippen molar-refractivity contribution >= 4 is 17.9 Å². The van der Waals surface area contributed by atoms with Gasteiger partial charge in [-0.05, 0) is 31.2 Å². The van der Waals surface area contributed by atoms with Crippen LogP contribution in [-0.4, -0.2) is 25.5 Å². The Hall–Kier alpha value is -3.08. The molecule has 0 aliphatic carbocycles. The fraction of sp³-hybridized carbons (Fsp3) is 0.158. The van der Waals surface area contributed by atoms with Crippen molar-refractivity contribution < 1.29 is 14.3 Å². The Morgan fingerprint density at radius 3 is 2.38 bits per heavy atom. The number of likely N-dealkylation sites (N-methyl/N-ethyl adjacent to an activating group) is 1. The third-order valence-electron chi connectivity index (χ3n) is 3.30. The largest absolute Gasteiger partial charge is 0.496 e. The molecule has 0 atom stereocenters. The quantitative estimate of drug-likeness (QED) is 0.803. The van der Waals surface area contributed by atoms with Crippen LogP contribution in [0.15, 0.2) is 60.3 Å². The van der Waals surface area contributed by atoms with Gasteiger partial charge in [0.1, 0.15) is 11.4 Å². The van der Waals surface area contributed by atoms with E-state index in [4.69, 9.17) is 4.74 Å². The zero-order valence-corrected chi connectivity index (χ0v) is 13.7. The van der Waals surface area contributed by atoms with Gasteiger partial charge in [-0.1, -0.05) is 36.4 Å². The van der Waals surface area contributed by atoms with Gasteiger partial charge < -0.3 is 15.4 Å². The van der Waals surface area contributed by atoms with Crippen molar-refractivity contribution in [3.05, 3.63) is 71.4 Å². The Morgan fingerprint density at radius 1 is 1.04 bits per heavy atom. The molecule has 0 saturated carbocycles. The second kappa shape index (κ2) is 8.53. The van der Waals surface area contributed by atoms with Crippen molar-refractivity contribution in [1.29, 1.82) is 0 Å². The fourth-order valence-electron chi connectivity index (χ4n) is 2.14. The van der Waals surface area contributed by atoms with Gasteiger partial charge in [-0.25, -0.2) is 0 Å². The molecule has 0 saturated heterocycles. The highest BCUT2D eigenvalue weighted by atomic mass is 16.5. The average Bonchev–Trinajstić information content (AvgIpc) is 2.62. The number of rotatable bonds is 6. The molecule has 0 unspecified atom stereocenters. The summed E-state index contributed by atoms with van der Waals surface area (Å²) in [5.74, 6) is -0.0797. The first-order valence-electron chi connectivity index (χ1n) is 7.65. The highest BCUT2D eigenvalue weighted by Gasteiger charge is 2.14. The summed E-state index contributed by atoms with van der Waals surface area (Å²) < 4.78 is 5.29. The second-order valence-electron chi connectivity index (χ2n) is 4.98. The lowest BCUT2D eigenvalue weighted by Crippen LogP contribution is -2.34. The fourth-order valence-corrected chi connectivity index (χ4v) is 2.14. The Labute approximate surface area is 141 Å². The van der Waals surface area contributed by atoms with E-state index in [9.17, 15) is 9.59 Å². The molecule has 2 aromatic rings. The molecule has 2 amide bonds. The van der Waals surface area contributed by atoms with Crippen LogP contribution in [0.2, 0.25) is 0 Å². The maximum Gasteiger partial charge on any atom is 0.267 e. The minimum atomic E-state index is -0.354. The zero-order chi connectivity index (χ0) is 17.4. The molecule has 0 aromatic heterocycles. The Kier molecular flexibility index (Phi) is 6.14. The van der Waals surface area contributed by atoms with Crippen LogP contribution in [0.4, 0.5) is 0 Å². The van der Waals surface area contributed by atoms with Crippen LogP contribution in [0.1, 0.15) is 22.8 Å². The molecular weight excluding hydrogens is 304 g/mol. The molecule has 5 nitrogen and oxygen atoms in total. The number of para-hydroxylation sites is 1. The average molecular weight is 324 g/mol. The van der Waals surface area contributed by atoms with E-state index in [0.717, 1.165) is 0 Å². The zero-order valence-electron chi connectivity index (χ0n) is 13.7. The highest BCUT2D eigenvalue weighted by Crippen LogP contribution is 2.20. The van der Waals surface area contributed by atoms with Gasteiger partial charge in [0.2, 0.25) is 0 Å². The number of carbonyl (C=O) groups is 2. The van der Waals surface area contributed by atoms with Crippen LogP contribution < -0.4 is 15.4 Å². The molecular formula is C19H20N2O3. The Morgan fingerprint density at radius 2 is 1.71 bits per heavy atom. The number of ether oxygens (including phenoxy) is 1. The minimum absolute atomic E-state index is 0.162. The number of amides is 2. The van der Waals surface area contributed by atoms with Crippen molar-refractivity contribution in [2.24, 2.45) is 0 Å². The molecule has 124 valence electrons. The first kappa shape index (κ1) is 17.3. The first-order chi connectivity index (χ1) is 11.7.